The molecule has 0 amide bonds. The third kappa shape index (κ3) is 4.80. The first-order valence-electron chi connectivity index (χ1n) is 4.81. The van der Waals surface area contributed by atoms with E-state index in [-0.39, 0.29) is 5.66 Å². The van der Waals surface area contributed by atoms with Crippen molar-refractivity contribution in [2.75, 3.05) is 13.2 Å². The second kappa shape index (κ2) is 5.79. The number of hydrogen-bond donors (Lipinski definition) is 0. The minimum absolute atomic E-state index is 0.0637. The summed E-state index contributed by atoms with van der Waals surface area (Å²) in [4.78, 5) is 0. The Balaban J connectivity index is 4.17. The van der Waals surface area contributed by atoms with E-state index in [1.807, 2.05) is 34.6 Å². The molecule has 4 heteroatoms. The van der Waals surface area contributed by atoms with Gasteiger partial charge in [-0.3, -0.25) is 4.57 Å². The normalized spacial score (nSPS) is 16.5. The Hall–Kier alpha value is 0.150. The van der Waals surface area contributed by atoms with E-state index in [2.05, 4.69) is 0 Å². The molecule has 0 saturated carbocycles. The monoisotopic (exact) mass is 208 g/mol. The Morgan fingerprint density at radius 2 is 1.69 bits per heavy atom. The molecule has 0 aliphatic carbocycles. The molecular weight excluding hydrogens is 187 g/mol. The quantitative estimate of drug-likeness (QED) is 0.628. The molecule has 0 spiro atoms. The van der Waals surface area contributed by atoms with E-state index < -0.39 is 7.60 Å². The summed E-state index contributed by atoms with van der Waals surface area (Å²) in [5.41, 5.74) is -0.0637. The molecule has 3 nitrogen and oxygen atoms in total. The van der Waals surface area contributed by atoms with Gasteiger partial charge in [0.1, 0.15) is 0 Å². The molecule has 0 saturated heterocycles. The molecule has 0 aliphatic rings. The Morgan fingerprint density at radius 3 is 2.00 bits per heavy atom. The molecule has 0 aromatic rings. The van der Waals surface area contributed by atoms with Gasteiger partial charge in [0.2, 0.25) is 0 Å². The predicted octanol–water partition coefficient (Wildman–Crippen LogP) is 3.30. The summed E-state index contributed by atoms with van der Waals surface area (Å²) in [6.45, 7) is 10.5. The fourth-order valence-corrected chi connectivity index (χ4v) is 2.30. The maximum atomic E-state index is 12.0. The van der Waals surface area contributed by atoms with E-state index in [0.29, 0.717) is 19.1 Å². The molecule has 0 aliphatic heterocycles. The van der Waals surface area contributed by atoms with E-state index in [1.54, 1.807) is 0 Å². The van der Waals surface area contributed by atoms with Gasteiger partial charge >= 0.3 is 7.60 Å². The van der Waals surface area contributed by atoms with Crippen LogP contribution in [0, 0.1) is 5.92 Å². The van der Waals surface area contributed by atoms with E-state index in [1.165, 1.54) is 0 Å². The van der Waals surface area contributed by atoms with Gasteiger partial charge in [0.05, 0.1) is 18.9 Å². The molecule has 80 valence electrons. The molecule has 0 fully saturated rings. The molecule has 0 heterocycles. The van der Waals surface area contributed by atoms with Crippen LogP contribution in [0.3, 0.4) is 0 Å². The summed E-state index contributed by atoms with van der Waals surface area (Å²) in [5.74, 6) is 0.382. The largest absolute Gasteiger partial charge is 0.333 e. The van der Waals surface area contributed by atoms with Crippen LogP contribution in [0.15, 0.2) is 0 Å². The highest BCUT2D eigenvalue weighted by molar-refractivity contribution is 7.54. The molecule has 0 aromatic carbocycles. The molecule has 0 aromatic heterocycles. The van der Waals surface area contributed by atoms with Crippen LogP contribution in [0.25, 0.3) is 0 Å². The van der Waals surface area contributed by atoms with Crippen LogP contribution < -0.4 is 0 Å². The number of hydrogen-bond acceptors (Lipinski definition) is 3. The lowest BCUT2D eigenvalue weighted by Crippen LogP contribution is -2.09. The van der Waals surface area contributed by atoms with Crippen molar-refractivity contribution >= 4 is 7.60 Å². The van der Waals surface area contributed by atoms with Gasteiger partial charge in [-0.2, -0.15) is 0 Å². The lowest BCUT2D eigenvalue weighted by molar-refractivity contribution is 0.188. The van der Waals surface area contributed by atoms with Crippen LogP contribution >= 0.6 is 7.60 Å². The summed E-state index contributed by atoms with van der Waals surface area (Å²) < 4.78 is 22.5. The average molecular weight is 208 g/mol. The van der Waals surface area contributed by atoms with Gasteiger partial charge in [-0.1, -0.05) is 27.7 Å². The maximum absolute atomic E-state index is 12.0. The Bertz CT molecular complexity index is 178. The van der Waals surface area contributed by atoms with Gasteiger partial charge < -0.3 is 9.05 Å². The van der Waals surface area contributed by atoms with Crippen LogP contribution in [0.5, 0.6) is 0 Å². The summed E-state index contributed by atoms with van der Waals surface area (Å²) in [6.07, 6.45) is 0. The van der Waals surface area contributed by atoms with E-state index in [4.69, 9.17) is 9.05 Å². The third-order valence-corrected chi connectivity index (χ3v) is 3.92. The second-order valence-corrected chi connectivity index (χ2v) is 6.37. The highest BCUT2D eigenvalue weighted by atomic mass is 31.2. The minimum Gasteiger partial charge on any atom is -0.309 e. The summed E-state index contributed by atoms with van der Waals surface area (Å²) >= 11 is 0. The zero-order valence-electron chi connectivity index (χ0n) is 9.24. The first-order valence-corrected chi connectivity index (χ1v) is 6.42. The summed E-state index contributed by atoms with van der Waals surface area (Å²) in [5, 5.41) is 0. The molecule has 1 unspecified atom stereocenters. The van der Waals surface area contributed by atoms with Crippen LogP contribution in [-0.4, -0.2) is 18.9 Å². The van der Waals surface area contributed by atoms with Crippen molar-refractivity contribution in [3.05, 3.63) is 0 Å². The van der Waals surface area contributed by atoms with Crippen molar-refractivity contribution in [1.82, 2.24) is 0 Å². The van der Waals surface area contributed by atoms with Crippen molar-refractivity contribution in [2.45, 2.75) is 40.3 Å². The van der Waals surface area contributed by atoms with Crippen LogP contribution in [0.4, 0.5) is 0 Å². The Labute approximate surface area is 81.3 Å². The fourth-order valence-electron chi connectivity index (χ4n) is 0.768. The van der Waals surface area contributed by atoms with Gasteiger partial charge in [-0.05, 0) is 12.8 Å². The van der Waals surface area contributed by atoms with Crippen LogP contribution in [-0.2, 0) is 13.6 Å². The van der Waals surface area contributed by atoms with Gasteiger partial charge in [-0.15, -0.1) is 0 Å². The van der Waals surface area contributed by atoms with Gasteiger partial charge in [0, 0.05) is 0 Å². The zero-order chi connectivity index (χ0) is 10.5. The van der Waals surface area contributed by atoms with Crippen LogP contribution in [0.1, 0.15) is 34.6 Å². The average Bonchev–Trinajstić information content (AvgIpc) is 2.01. The summed E-state index contributed by atoms with van der Waals surface area (Å²) in [7, 11) is -2.85. The van der Waals surface area contributed by atoms with Gasteiger partial charge in [0.15, 0.2) is 0 Å². The molecule has 1 atom stereocenters. The maximum Gasteiger partial charge on any atom is 0.333 e. The third-order valence-electron chi connectivity index (χ3n) is 1.53. The lowest BCUT2D eigenvalue weighted by atomic mass is 10.2. The predicted molar refractivity (Wildman–Crippen MR) is 55.2 cm³/mol. The highest BCUT2D eigenvalue weighted by Gasteiger charge is 2.28. The van der Waals surface area contributed by atoms with Crippen molar-refractivity contribution in [3.8, 4) is 0 Å². The smallest absolute Gasteiger partial charge is 0.309 e. The molecule has 13 heavy (non-hydrogen) atoms. The lowest BCUT2D eigenvalue weighted by Gasteiger charge is -2.21. The van der Waals surface area contributed by atoms with Gasteiger partial charge in [-0.25, -0.2) is 0 Å². The number of rotatable bonds is 6. The van der Waals surface area contributed by atoms with Crippen LogP contribution in [0.2, 0.25) is 0 Å². The molecule has 0 rings (SSSR count). The Kier molecular flexibility index (Phi) is 5.86. The minimum atomic E-state index is -2.85. The molecule has 0 bridgehead atoms. The topological polar surface area (TPSA) is 35.5 Å². The van der Waals surface area contributed by atoms with Crippen molar-refractivity contribution in [1.29, 1.82) is 0 Å². The molecular formula is C9H21O3P. The Morgan fingerprint density at radius 1 is 1.15 bits per heavy atom. The molecule has 0 radical (unpaired) electrons. The van der Waals surface area contributed by atoms with Crippen molar-refractivity contribution in [3.63, 3.8) is 0 Å². The molecule has 0 N–H and O–H groups in total. The van der Waals surface area contributed by atoms with Gasteiger partial charge in [0.25, 0.3) is 0 Å². The second-order valence-electron chi connectivity index (χ2n) is 3.74. The first kappa shape index (κ1) is 13.2. The zero-order valence-corrected chi connectivity index (χ0v) is 10.1. The van der Waals surface area contributed by atoms with E-state index >= 15 is 0 Å². The standard InChI is InChI=1S/C9H21O3P/c1-6-11-13(10,9(4)5)12-7-8(2)3/h8-9H,6-7H2,1-5H3. The van der Waals surface area contributed by atoms with E-state index in [0.717, 1.165) is 0 Å². The summed E-state index contributed by atoms with van der Waals surface area (Å²) in [6, 6.07) is 0. The van der Waals surface area contributed by atoms with E-state index in [9.17, 15) is 4.57 Å². The highest BCUT2D eigenvalue weighted by Crippen LogP contribution is 2.52. The first-order chi connectivity index (χ1) is 5.92. The fraction of sp³-hybridized carbons (Fsp3) is 1.00. The van der Waals surface area contributed by atoms with Crippen molar-refractivity contribution < 1.29 is 13.6 Å². The van der Waals surface area contributed by atoms with Crippen molar-refractivity contribution in [2.24, 2.45) is 5.92 Å². The SMILES string of the molecule is CCOP(=O)(OCC(C)C)C(C)C.